The number of nitrogens with one attached hydrogen (secondary N) is 1. The molecule has 0 bridgehead atoms. The number of aryl methyl sites for hydroxylation is 1. The highest BCUT2D eigenvalue weighted by molar-refractivity contribution is 6.12. The lowest BCUT2D eigenvalue weighted by Crippen LogP contribution is -2.11. The molecule has 1 N–H and O–H groups in total. The Labute approximate surface area is 141 Å². The van der Waals surface area contributed by atoms with E-state index < -0.39 is 0 Å². The summed E-state index contributed by atoms with van der Waals surface area (Å²) in [5.41, 5.74) is 9.28. The second-order valence-electron chi connectivity index (χ2n) is 6.65. The first-order valence-electron chi connectivity index (χ1n) is 8.42. The first-order valence-corrected chi connectivity index (χ1v) is 8.42. The van der Waals surface area contributed by atoms with Crippen LogP contribution in [0.1, 0.15) is 16.7 Å². The quantitative estimate of drug-likeness (QED) is 0.480. The number of rotatable bonds is 1. The Bertz CT molecular complexity index is 1150. The van der Waals surface area contributed by atoms with Gasteiger partial charge in [0.05, 0.1) is 17.5 Å². The van der Waals surface area contributed by atoms with E-state index in [1.54, 1.807) is 0 Å². The molecule has 24 heavy (non-hydrogen) atoms. The molecule has 1 aliphatic heterocycles. The molecule has 116 valence electrons. The van der Waals surface area contributed by atoms with Crippen molar-refractivity contribution in [3.63, 3.8) is 0 Å². The van der Waals surface area contributed by atoms with E-state index in [2.05, 4.69) is 84.2 Å². The summed E-state index contributed by atoms with van der Waals surface area (Å²) < 4.78 is 2.35. The fourth-order valence-corrected chi connectivity index (χ4v) is 4.06. The largest absolute Gasteiger partial charge is 0.354 e. The van der Waals surface area contributed by atoms with Gasteiger partial charge in [-0.15, -0.1) is 0 Å². The zero-order chi connectivity index (χ0) is 16.3. The van der Waals surface area contributed by atoms with Crippen molar-refractivity contribution < 1.29 is 4.58 Å². The summed E-state index contributed by atoms with van der Waals surface area (Å²) in [7, 11) is 2.18. The summed E-state index contributed by atoms with van der Waals surface area (Å²) in [6.07, 6.45) is 0.973. The van der Waals surface area contributed by atoms with Crippen LogP contribution in [-0.4, -0.2) is 22.3 Å². The standard InChI is InChI=1S/C22H19N2/c1-14-7-3-4-8-15(14)21-13-18-20(24(21)2)12-11-17-16-9-5-6-10-19(16)23-22(17)18/h3-12,23H,13H2,1-2H3/q+1. The van der Waals surface area contributed by atoms with Crippen molar-refractivity contribution in [2.75, 3.05) is 7.05 Å². The van der Waals surface area contributed by atoms with Crippen LogP contribution >= 0.6 is 0 Å². The lowest BCUT2D eigenvalue weighted by Gasteiger charge is -2.02. The number of hydrogen-bond acceptors (Lipinski definition) is 0. The number of para-hydroxylation sites is 1. The van der Waals surface area contributed by atoms with Gasteiger partial charge in [-0.25, -0.2) is 0 Å². The average Bonchev–Trinajstić information content (AvgIpc) is 3.14. The van der Waals surface area contributed by atoms with E-state index in [9.17, 15) is 0 Å². The van der Waals surface area contributed by atoms with Crippen molar-refractivity contribution in [2.45, 2.75) is 13.3 Å². The van der Waals surface area contributed by atoms with Crippen molar-refractivity contribution in [2.24, 2.45) is 0 Å². The summed E-state index contributed by atoms with van der Waals surface area (Å²) >= 11 is 0. The third-order valence-corrected chi connectivity index (χ3v) is 5.33. The maximum Gasteiger partial charge on any atom is 0.211 e. The summed E-state index contributed by atoms with van der Waals surface area (Å²) in [4.78, 5) is 3.65. The van der Waals surface area contributed by atoms with Crippen LogP contribution in [0.4, 0.5) is 5.69 Å². The summed E-state index contributed by atoms with van der Waals surface area (Å²) in [6, 6.07) is 21.7. The second kappa shape index (κ2) is 4.81. The van der Waals surface area contributed by atoms with Gasteiger partial charge in [0, 0.05) is 27.9 Å². The minimum atomic E-state index is 0.973. The third kappa shape index (κ3) is 1.74. The van der Waals surface area contributed by atoms with Crippen molar-refractivity contribution in [3.8, 4) is 0 Å². The van der Waals surface area contributed by atoms with E-state index >= 15 is 0 Å². The minimum Gasteiger partial charge on any atom is -0.354 e. The van der Waals surface area contributed by atoms with Crippen LogP contribution in [0, 0.1) is 6.92 Å². The van der Waals surface area contributed by atoms with Crippen LogP contribution in [0.5, 0.6) is 0 Å². The fourth-order valence-electron chi connectivity index (χ4n) is 4.06. The molecule has 0 radical (unpaired) electrons. The van der Waals surface area contributed by atoms with Gasteiger partial charge < -0.3 is 4.98 Å². The maximum absolute atomic E-state index is 3.65. The molecule has 2 nitrogen and oxygen atoms in total. The molecule has 2 heteroatoms. The SMILES string of the molecule is Cc1ccccc1C1=[N+](C)c2ccc3c([nH]c4ccccc43)c2C1. The normalized spacial score (nSPS) is 13.9. The van der Waals surface area contributed by atoms with E-state index in [4.69, 9.17) is 0 Å². The Hall–Kier alpha value is -2.87. The van der Waals surface area contributed by atoms with E-state index in [0.29, 0.717) is 0 Å². The van der Waals surface area contributed by atoms with Crippen LogP contribution in [0.3, 0.4) is 0 Å². The van der Waals surface area contributed by atoms with Gasteiger partial charge in [-0.3, -0.25) is 0 Å². The van der Waals surface area contributed by atoms with Crippen molar-refractivity contribution >= 4 is 33.2 Å². The van der Waals surface area contributed by atoms with Gasteiger partial charge in [0.1, 0.15) is 7.05 Å². The number of aromatic amines is 1. The predicted molar refractivity (Wildman–Crippen MR) is 101 cm³/mol. The van der Waals surface area contributed by atoms with Crippen LogP contribution < -0.4 is 0 Å². The number of aromatic nitrogens is 1. The highest BCUT2D eigenvalue weighted by atomic mass is 15.0. The van der Waals surface area contributed by atoms with E-state index in [1.807, 2.05) is 0 Å². The van der Waals surface area contributed by atoms with E-state index in [0.717, 1.165) is 6.42 Å². The highest BCUT2D eigenvalue weighted by Crippen LogP contribution is 2.37. The molecule has 1 aliphatic rings. The summed E-state index contributed by atoms with van der Waals surface area (Å²) in [5.74, 6) is 0. The van der Waals surface area contributed by atoms with Crippen LogP contribution in [-0.2, 0) is 6.42 Å². The molecule has 5 rings (SSSR count). The van der Waals surface area contributed by atoms with E-state index in [1.165, 1.54) is 49.9 Å². The number of hydrogen-bond donors (Lipinski definition) is 1. The molecule has 2 heterocycles. The molecule has 0 saturated carbocycles. The number of benzene rings is 3. The molecule has 4 aromatic rings. The Kier molecular flexibility index (Phi) is 2.72. The van der Waals surface area contributed by atoms with Gasteiger partial charge in [-0.2, -0.15) is 4.58 Å². The Morgan fingerprint density at radius 2 is 1.67 bits per heavy atom. The molecule has 0 spiro atoms. The van der Waals surface area contributed by atoms with Gasteiger partial charge in [-0.05, 0) is 30.7 Å². The van der Waals surface area contributed by atoms with Gasteiger partial charge >= 0.3 is 0 Å². The molecule has 3 aromatic carbocycles. The van der Waals surface area contributed by atoms with Crippen LogP contribution in [0.15, 0.2) is 60.7 Å². The van der Waals surface area contributed by atoms with Crippen LogP contribution in [0.2, 0.25) is 0 Å². The Morgan fingerprint density at radius 3 is 2.54 bits per heavy atom. The number of fused-ring (bicyclic) bond motifs is 5. The van der Waals surface area contributed by atoms with E-state index in [-0.39, 0.29) is 0 Å². The van der Waals surface area contributed by atoms with Crippen LogP contribution in [0.25, 0.3) is 21.8 Å². The molecular weight excluding hydrogens is 292 g/mol. The molecule has 1 aromatic heterocycles. The van der Waals surface area contributed by atoms with Gasteiger partial charge in [0.15, 0.2) is 5.71 Å². The van der Waals surface area contributed by atoms with Gasteiger partial charge in [0.25, 0.3) is 0 Å². The Morgan fingerprint density at radius 1 is 0.875 bits per heavy atom. The summed E-state index contributed by atoms with van der Waals surface area (Å²) in [5, 5.41) is 2.63. The monoisotopic (exact) mass is 311 g/mol. The number of H-pyrrole nitrogens is 1. The lowest BCUT2D eigenvalue weighted by molar-refractivity contribution is -0.401. The molecule has 0 fully saturated rings. The van der Waals surface area contributed by atoms with Crippen molar-refractivity contribution in [1.82, 2.24) is 4.98 Å². The van der Waals surface area contributed by atoms with Gasteiger partial charge in [-0.1, -0.05) is 36.4 Å². The van der Waals surface area contributed by atoms with Crippen molar-refractivity contribution in [3.05, 3.63) is 77.4 Å². The maximum atomic E-state index is 3.65. The lowest BCUT2D eigenvalue weighted by atomic mass is 9.99. The molecule has 0 aliphatic carbocycles. The Balaban J connectivity index is 1.76. The molecule has 0 amide bonds. The zero-order valence-electron chi connectivity index (χ0n) is 13.9. The first-order chi connectivity index (χ1) is 11.7. The molecule has 0 saturated heterocycles. The number of nitrogens with zero attached hydrogens (tertiary/aromatic N) is 1. The third-order valence-electron chi connectivity index (χ3n) is 5.33. The zero-order valence-corrected chi connectivity index (χ0v) is 13.9. The predicted octanol–water partition coefficient (Wildman–Crippen LogP) is 4.95. The average molecular weight is 311 g/mol. The second-order valence-corrected chi connectivity index (χ2v) is 6.65. The smallest absolute Gasteiger partial charge is 0.211 e. The molecule has 0 atom stereocenters. The van der Waals surface area contributed by atoms with Gasteiger partial charge in [0.2, 0.25) is 5.69 Å². The first kappa shape index (κ1) is 13.6. The fraction of sp³-hybridized carbons (Fsp3) is 0.136. The topological polar surface area (TPSA) is 18.8 Å². The highest BCUT2D eigenvalue weighted by Gasteiger charge is 2.31. The molecular formula is C22H19N2+. The summed E-state index contributed by atoms with van der Waals surface area (Å²) in [6.45, 7) is 2.19. The molecule has 0 unspecified atom stereocenters. The minimum absolute atomic E-state index is 0.973. The van der Waals surface area contributed by atoms with Crippen molar-refractivity contribution in [1.29, 1.82) is 0 Å².